The molecule has 0 radical (unpaired) electrons. The second-order valence-corrected chi connectivity index (χ2v) is 7.65. The van der Waals surface area contributed by atoms with E-state index in [1.165, 1.54) is 31.2 Å². The van der Waals surface area contributed by atoms with Gasteiger partial charge in [0, 0.05) is 32.3 Å². The van der Waals surface area contributed by atoms with E-state index in [9.17, 15) is 14.0 Å². The van der Waals surface area contributed by atoms with Crippen molar-refractivity contribution in [2.75, 3.05) is 32.7 Å². The summed E-state index contributed by atoms with van der Waals surface area (Å²) < 4.78 is 19.5. The van der Waals surface area contributed by atoms with E-state index in [1.807, 2.05) is 0 Å². The molecule has 3 fully saturated rings. The molecule has 4 heterocycles. The molecule has 3 aliphatic heterocycles. The van der Waals surface area contributed by atoms with Gasteiger partial charge in [0.05, 0.1) is 5.41 Å². The number of halogens is 1. The molecule has 1 amide bonds. The zero-order chi connectivity index (χ0) is 18.1. The van der Waals surface area contributed by atoms with E-state index in [1.54, 1.807) is 4.90 Å². The number of ether oxygens (including phenoxy) is 1. The number of hydrogen-bond acceptors (Lipinski definition) is 5. The molecule has 0 N–H and O–H groups in total. The van der Waals surface area contributed by atoms with Gasteiger partial charge >= 0.3 is 5.97 Å². The molecule has 140 valence electrons. The summed E-state index contributed by atoms with van der Waals surface area (Å²) in [6, 6.07) is 2.70. The number of cyclic esters (lactones) is 1. The Morgan fingerprint density at radius 3 is 2.69 bits per heavy atom. The summed E-state index contributed by atoms with van der Waals surface area (Å²) >= 11 is 0. The van der Waals surface area contributed by atoms with Crippen LogP contribution < -0.4 is 0 Å². The minimum atomic E-state index is -0.608. The maximum Gasteiger partial charge on any atom is 0.312 e. The minimum Gasteiger partial charge on any atom is -0.461 e. The lowest BCUT2D eigenvalue weighted by Gasteiger charge is -2.36. The van der Waals surface area contributed by atoms with Crippen LogP contribution in [-0.4, -0.2) is 65.5 Å². The zero-order valence-electron chi connectivity index (χ0n) is 14.8. The van der Waals surface area contributed by atoms with Crippen molar-refractivity contribution in [1.82, 2.24) is 14.8 Å². The lowest BCUT2D eigenvalue weighted by Crippen LogP contribution is -2.45. The van der Waals surface area contributed by atoms with Crippen molar-refractivity contribution >= 4 is 11.9 Å². The molecule has 6 nitrogen and oxygen atoms in total. The van der Waals surface area contributed by atoms with Gasteiger partial charge in [0.15, 0.2) is 11.5 Å². The molecule has 0 aliphatic carbocycles. The number of likely N-dealkylation sites (tertiary alicyclic amines) is 2. The van der Waals surface area contributed by atoms with Gasteiger partial charge in [-0.3, -0.25) is 14.5 Å². The summed E-state index contributed by atoms with van der Waals surface area (Å²) in [5.41, 5.74) is -0.631. The third-order valence-electron chi connectivity index (χ3n) is 5.95. The molecule has 7 heteroatoms. The second kappa shape index (κ2) is 6.95. The Kier molecular flexibility index (Phi) is 4.65. The van der Waals surface area contributed by atoms with Crippen LogP contribution in [-0.2, 0) is 9.53 Å². The topological polar surface area (TPSA) is 62.7 Å². The average Bonchev–Trinajstić information content (AvgIpc) is 3.24. The highest BCUT2D eigenvalue weighted by atomic mass is 19.1. The first-order valence-electron chi connectivity index (χ1n) is 9.41. The lowest BCUT2D eigenvalue weighted by molar-refractivity contribution is -0.151. The number of nitrogens with zero attached hydrogens (tertiary/aromatic N) is 3. The predicted molar refractivity (Wildman–Crippen MR) is 91.9 cm³/mol. The Labute approximate surface area is 152 Å². The Morgan fingerprint density at radius 2 is 2.00 bits per heavy atom. The second-order valence-electron chi connectivity index (χ2n) is 7.65. The van der Waals surface area contributed by atoms with Gasteiger partial charge < -0.3 is 9.64 Å². The van der Waals surface area contributed by atoms with Crippen molar-refractivity contribution in [3.63, 3.8) is 0 Å². The van der Waals surface area contributed by atoms with Crippen molar-refractivity contribution in [2.24, 2.45) is 5.41 Å². The normalized spacial score (nSPS) is 25.7. The number of carbonyl (C=O) groups excluding carboxylic acids is 2. The zero-order valence-corrected chi connectivity index (χ0v) is 14.8. The van der Waals surface area contributed by atoms with Crippen LogP contribution in [0.3, 0.4) is 0 Å². The Morgan fingerprint density at radius 1 is 1.27 bits per heavy atom. The molecule has 0 aromatic carbocycles. The number of piperidine rings is 1. The first kappa shape index (κ1) is 17.4. The number of carbonyl (C=O) groups is 2. The summed E-state index contributed by atoms with van der Waals surface area (Å²) in [5, 5.41) is 0. The minimum absolute atomic E-state index is 0.0453. The average molecular weight is 361 g/mol. The molecule has 1 atom stereocenters. The molecular formula is C19H24FN3O3. The molecule has 1 aromatic heterocycles. The van der Waals surface area contributed by atoms with E-state index in [0.29, 0.717) is 25.9 Å². The van der Waals surface area contributed by atoms with E-state index < -0.39 is 17.1 Å². The van der Waals surface area contributed by atoms with Gasteiger partial charge in [-0.15, -0.1) is 0 Å². The standard InChI is InChI=1S/C19H24FN3O3/c20-15-4-3-7-21-16(15)17(24)23-10-5-19(6-11-23)12-14(26-18(19)25)13-22-8-1-2-9-22/h3-4,7,14H,1-2,5-6,8-13H2. The van der Waals surface area contributed by atoms with Gasteiger partial charge in [-0.25, -0.2) is 9.37 Å². The first-order valence-corrected chi connectivity index (χ1v) is 9.41. The molecule has 1 aromatic rings. The first-order chi connectivity index (χ1) is 12.6. The number of rotatable bonds is 3. The van der Waals surface area contributed by atoms with Crippen molar-refractivity contribution in [3.05, 3.63) is 29.8 Å². The van der Waals surface area contributed by atoms with E-state index in [0.717, 1.165) is 26.1 Å². The van der Waals surface area contributed by atoms with Crippen LogP contribution >= 0.6 is 0 Å². The van der Waals surface area contributed by atoms with E-state index in [-0.39, 0.29) is 17.8 Å². The lowest BCUT2D eigenvalue weighted by atomic mass is 9.76. The van der Waals surface area contributed by atoms with Gasteiger partial charge in [-0.1, -0.05) is 0 Å². The van der Waals surface area contributed by atoms with Crippen LogP contribution in [0.25, 0.3) is 0 Å². The van der Waals surface area contributed by atoms with Crippen molar-refractivity contribution < 1.29 is 18.7 Å². The van der Waals surface area contributed by atoms with E-state index in [2.05, 4.69) is 9.88 Å². The van der Waals surface area contributed by atoms with Gasteiger partial charge in [0.2, 0.25) is 0 Å². The van der Waals surface area contributed by atoms with Gasteiger partial charge in [0.1, 0.15) is 6.10 Å². The molecule has 4 rings (SSSR count). The van der Waals surface area contributed by atoms with Crippen LogP contribution in [0.2, 0.25) is 0 Å². The smallest absolute Gasteiger partial charge is 0.312 e. The maximum absolute atomic E-state index is 13.8. The highest BCUT2D eigenvalue weighted by molar-refractivity contribution is 5.92. The highest BCUT2D eigenvalue weighted by Gasteiger charge is 2.51. The molecule has 1 unspecified atom stereocenters. The van der Waals surface area contributed by atoms with E-state index >= 15 is 0 Å². The number of pyridine rings is 1. The molecule has 0 bridgehead atoms. The molecule has 3 saturated heterocycles. The maximum atomic E-state index is 13.8. The van der Waals surface area contributed by atoms with Gasteiger partial charge in [-0.2, -0.15) is 0 Å². The summed E-state index contributed by atoms with van der Waals surface area (Å²) in [5.74, 6) is -1.14. The number of hydrogen-bond donors (Lipinski definition) is 0. The Balaban J connectivity index is 1.37. The fourth-order valence-corrected chi connectivity index (χ4v) is 4.43. The molecule has 26 heavy (non-hydrogen) atoms. The van der Waals surface area contributed by atoms with Crippen molar-refractivity contribution in [2.45, 2.75) is 38.2 Å². The third kappa shape index (κ3) is 3.20. The van der Waals surface area contributed by atoms with Crippen LogP contribution in [0.1, 0.15) is 42.6 Å². The van der Waals surface area contributed by atoms with Crippen molar-refractivity contribution in [3.8, 4) is 0 Å². The Hall–Kier alpha value is -2.02. The fourth-order valence-electron chi connectivity index (χ4n) is 4.43. The van der Waals surface area contributed by atoms with Crippen LogP contribution in [0, 0.1) is 11.2 Å². The molecular weight excluding hydrogens is 337 g/mol. The summed E-state index contributed by atoms with van der Waals surface area (Å²) in [6.07, 6.45) is 5.67. The van der Waals surface area contributed by atoms with E-state index in [4.69, 9.17) is 4.74 Å². The number of amides is 1. The molecule has 1 spiro atoms. The van der Waals surface area contributed by atoms with Gasteiger partial charge in [-0.05, 0) is 50.9 Å². The summed E-state index contributed by atoms with van der Waals surface area (Å²) in [4.78, 5) is 32.8. The molecule has 0 saturated carbocycles. The Bertz CT molecular complexity index is 697. The highest BCUT2D eigenvalue weighted by Crippen LogP contribution is 2.43. The molecule has 3 aliphatic rings. The quantitative estimate of drug-likeness (QED) is 0.769. The monoisotopic (exact) mass is 361 g/mol. The van der Waals surface area contributed by atoms with Gasteiger partial charge in [0.25, 0.3) is 5.91 Å². The van der Waals surface area contributed by atoms with Crippen LogP contribution in [0.15, 0.2) is 18.3 Å². The third-order valence-corrected chi connectivity index (χ3v) is 5.95. The van der Waals surface area contributed by atoms with Crippen LogP contribution in [0.4, 0.5) is 4.39 Å². The largest absolute Gasteiger partial charge is 0.461 e. The summed E-state index contributed by atoms with van der Waals surface area (Å²) in [7, 11) is 0. The van der Waals surface area contributed by atoms with Crippen molar-refractivity contribution in [1.29, 1.82) is 0 Å². The number of esters is 1. The SMILES string of the molecule is O=C(c1ncccc1F)N1CCC2(CC1)CC(CN1CCCC1)OC2=O. The summed E-state index contributed by atoms with van der Waals surface area (Å²) in [6.45, 7) is 3.84. The predicted octanol–water partition coefficient (Wildman–Crippen LogP) is 1.85. The number of aromatic nitrogens is 1. The fraction of sp³-hybridized carbons (Fsp3) is 0.632. The van der Waals surface area contributed by atoms with Crippen LogP contribution in [0.5, 0.6) is 0 Å².